The molecule has 0 N–H and O–H groups in total. The summed E-state index contributed by atoms with van der Waals surface area (Å²) in [6.07, 6.45) is 6.44. The van der Waals surface area contributed by atoms with Crippen LogP contribution in [0.4, 0.5) is 0 Å². The van der Waals surface area contributed by atoms with Gasteiger partial charge in [-0.1, -0.05) is 0 Å². The van der Waals surface area contributed by atoms with E-state index in [1.54, 1.807) is 0 Å². The molecule has 0 aromatic heterocycles. The highest BCUT2D eigenvalue weighted by Crippen LogP contribution is 2.42. The third-order valence-corrected chi connectivity index (χ3v) is 12.5. The predicted molar refractivity (Wildman–Crippen MR) is 157 cm³/mol. The van der Waals surface area contributed by atoms with E-state index in [2.05, 4.69) is 119 Å². The minimum atomic E-state index is -2.42. The molecule has 3 fully saturated rings. The SMILES string of the molecule is CN1C(C)(C)CC(O[SiH](OC2CC(C)(C)N(C)C(C)(C)C2)OC2CC(C)(C)N(C)C(C)(C)C2)CC1(C)C. The second-order valence-electron chi connectivity index (χ2n) is 16.3. The maximum Gasteiger partial charge on any atom is 0.484 e. The fourth-order valence-corrected chi connectivity index (χ4v) is 9.41. The number of nitrogens with zero attached hydrogens (tertiary/aromatic N) is 3. The van der Waals surface area contributed by atoms with Crippen molar-refractivity contribution in [2.75, 3.05) is 21.1 Å². The van der Waals surface area contributed by atoms with Gasteiger partial charge in [0.25, 0.3) is 0 Å². The third kappa shape index (κ3) is 6.83. The highest BCUT2D eigenvalue weighted by molar-refractivity contribution is 6.36. The van der Waals surface area contributed by atoms with Crippen LogP contribution in [-0.4, -0.2) is 96.9 Å². The van der Waals surface area contributed by atoms with Crippen molar-refractivity contribution >= 4 is 9.53 Å². The van der Waals surface area contributed by atoms with Crippen LogP contribution in [0.1, 0.15) is 122 Å². The van der Waals surface area contributed by atoms with E-state index >= 15 is 0 Å². The maximum atomic E-state index is 6.98. The average molecular weight is 540 g/mol. The molecule has 3 aliphatic heterocycles. The van der Waals surface area contributed by atoms with Gasteiger partial charge in [-0.25, -0.2) is 0 Å². The van der Waals surface area contributed by atoms with Gasteiger partial charge in [-0.2, -0.15) is 0 Å². The van der Waals surface area contributed by atoms with Gasteiger partial charge in [0.2, 0.25) is 0 Å². The van der Waals surface area contributed by atoms with E-state index in [0.29, 0.717) is 0 Å². The quantitative estimate of drug-likeness (QED) is 0.403. The van der Waals surface area contributed by atoms with Crippen LogP contribution < -0.4 is 0 Å². The summed E-state index contributed by atoms with van der Waals surface area (Å²) in [4.78, 5) is 7.55. The topological polar surface area (TPSA) is 37.4 Å². The maximum absolute atomic E-state index is 6.98. The van der Waals surface area contributed by atoms with Gasteiger partial charge in [0.1, 0.15) is 0 Å². The number of likely N-dealkylation sites (tertiary alicyclic amines) is 3. The highest BCUT2D eigenvalue weighted by Gasteiger charge is 2.49. The van der Waals surface area contributed by atoms with E-state index in [1.807, 2.05) is 0 Å². The minimum Gasteiger partial charge on any atom is -0.373 e. The molecule has 6 nitrogen and oxygen atoms in total. The lowest BCUT2D eigenvalue weighted by atomic mass is 9.79. The fourth-order valence-electron chi connectivity index (χ4n) is 7.70. The Kier molecular flexibility index (Phi) is 8.61. The van der Waals surface area contributed by atoms with Gasteiger partial charge in [-0.3, -0.25) is 14.7 Å². The third-order valence-electron chi connectivity index (χ3n) is 10.7. The van der Waals surface area contributed by atoms with Crippen LogP contribution in [0.25, 0.3) is 0 Å². The molecule has 0 bridgehead atoms. The zero-order chi connectivity index (χ0) is 28.4. The average Bonchev–Trinajstić information content (AvgIpc) is 2.67. The molecule has 3 rings (SSSR count). The summed E-state index contributed by atoms with van der Waals surface area (Å²) in [6, 6.07) is 0. The first-order chi connectivity index (χ1) is 16.5. The van der Waals surface area contributed by atoms with Crippen LogP contribution in [0.15, 0.2) is 0 Å². The normalized spacial score (nSPS) is 31.1. The standard InChI is InChI=1S/C30H61N3O3Si/c1-25(2)16-22(17-26(3,4)31(25)13)34-37(35-23-18-27(5,6)32(14)28(7,8)19-23)36-24-20-29(9,10)33(15)30(11,12)21-24/h22-24,37H,16-21H2,1-15H3. The Morgan fingerprint density at radius 1 is 0.405 bits per heavy atom. The number of hydrogen-bond acceptors (Lipinski definition) is 6. The van der Waals surface area contributed by atoms with Gasteiger partial charge in [0.05, 0.1) is 18.3 Å². The molecule has 0 amide bonds. The van der Waals surface area contributed by atoms with E-state index in [4.69, 9.17) is 13.3 Å². The van der Waals surface area contributed by atoms with Crippen LogP contribution in [-0.2, 0) is 13.3 Å². The Morgan fingerprint density at radius 3 is 0.730 bits per heavy atom. The first-order valence-electron chi connectivity index (χ1n) is 14.7. The molecule has 3 aliphatic rings. The summed E-state index contributed by atoms with van der Waals surface area (Å²) in [6.45, 7) is 28.1. The first-order valence-corrected chi connectivity index (χ1v) is 16.1. The van der Waals surface area contributed by atoms with Gasteiger partial charge >= 0.3 is 9.53 Å². The molecular weight excluding hydrogens is 478 g/mol. The van der Waals surface area contributed by atoms with Gasteiger partial charge < -0.3 is 13.3 Å². The Bertz CT molecular complexity index is 651. The van der Waals surface area contributed by atoms with Crippen molar-refractivity contribution in [3.8, 4) is 0 Å². The summed E-state index contributed by atoms with van der Waals surface area (Å²) in [5.74, 6) is 0. The van der Waals surface area contributed by atoms with E-state index in [9.17, 15) is 0 Å². The number of hydrogen-bond donors (Lipinski definition) is 0. The molecule has 0 atom stereocenters. The molecule has 0 spiro atoms. The first kappa shape index (κ1) is 31.5. The highest BCUT2D eigenvalue weighted by atomic mass is 28.3. The van der Waals surface area contributed by atoms with E-state index in [0.717, 1.165) is 38.5 Å². The Balaban J connectivity index is 1.84. The number of rotatable bonds is 6. The molecule has 218 valence electrons. The summed E-state index contributed by atoms with van der Waals surface area (Å²) in [5.41, 5.74) is 0.419. The Labute approximate surface area is 231 Å². The summed E-state index contributed by atoms with van der Waals surface area (Å²) in [7, 11) is 4.34. The minimum absolute atomic E-state index is 0.0699. The van der Waals surface area contributed by atoms with E-state index in [1.165, 1.54) is 0 Å². The van der Waals surface area contributed by atoms with Crippen LogP contribution in [0.5, 0.6) is 0 Å². The van der Waals surface area contributed by atoms with E-state index in [-0.39, 0.29) is 51.5 Å². The van der Waals surface area contributed by atoms with Crippen molar-refractivity contribution in [2.24, 2.45) is 0 Å². The molecule has 0 saturated carbocycles. The van der Waals surface area contributed by atoms with Crippen LogP contribution in [0.2, 0.25) is 0 Å². The second-order valence-corrected chi connectivity index (χ2v) is 17.7. The molecule has 37 heavy (non-hydrogen) atoms. The smallest absolute Gasteiger partial charge is 0.373 e. The van der Waals surface area contributed by atoms with Gasteiger partial charge in [-0.15, -0.1) is 0 Å². The summed E-state index contributed by atoms with van der Waals surface area (Å²) >= 11 is 0. The van der Waals surface area contributed by atoms with Crippen molar-refractivity contribution in [2.45, 2.75) is 173 Å². The molecule has 0 radical (unpaired) electrons. The van der Waals surface area contributed by atoms with E-state index < -0.39 is 9.53 Å². The van der Waals surface area contributed by atoms with Crippen LogP contribution >= 0.6 is 0 Å². The lowest BCUT2D eigenvalue weighted by molar-refractivity contribution is -0.114. The lowest BCUT2D eigenvalue weighted by Crippen LogP contribution is -2.63. The monoisotopic (exact) mass is 539 g/mol. The van der Waals surface area contributed by atoms with Gasteiger partial charge in [0, 0.05) is 33.2 Å². The molecule has 0 aromatic carbocycles. The Morgan fingerprint density at radius 2 is 0.568 bits per heavy atom. The van der Waals surface area contributed by atoms with Crippen molar-refractivity contribution in [1.29, 1.82) is 0 Å². The lowest BCUT2D eigenvalue weighted by Gasteiger charge is -2.55. The Hall–Kier alpha value is -0.0231. The van der Waals surface area contributed by atoms with Crippen molar-refractivity contribution in [1.82, 2.24) is 14.7 Å². The zero-order valence-corrected chi connectivity index (χ0v) is 28.3. The van der Waals surface area contributed by atoms with Gasteiger partial charge in [-0.05, 0) is 143 Å². The molecule has 7 heteroatoms. The summed E-state index contributed by atoms with van der Waals surface area (Å²) in [5, 5.41) is 0. The molecule has 0 aromatic rings. The van der Waals surface area contributed by atoms with Crippen molar-refractivity contribution < 1.29 is 13.3 Å². The zero-order valence-electron chi connectivity index (χ0n) is 27.1. The van der Waals surface area contributed by atoms with Crippen LogP contribution in [0, 0.1) is 0 Å². The second kappa shape index (κ2) is 10.1. The summed E-state index contributed by atoms with van der Waals surface area (Å²) < 4.78 is 21.0. The van der Waals surface area contributed by atoms with Crippen LogP contribution in [0.3, 0.4) is 0 Å². The fraction of sp³-hybridized carbons (Fsp3) is 1.00. The molecule has 0 unspecified atom stereocenters. The molecule has 3 heterocycles. The number of piperidine rings is 3. The van der Waals surface area contributed by atoms with Gasteiger partial charge in [0.15, 0.2) is 0 Å². The largest absolute Gasteiger partial charge is 0.484 e. The molecule has 3 saturated heterocycles. The molecule has 0 aliphatic carbocycles. The van der Waals surface area contributed by atoms with Crippen molar-refractivity contribution in [3.63, 3.8) is 0 Å². The molecular formula is C30H61N3O3Si. The van der Waals surface area contributed by atoms with Crippen molar-refractivity contribution in [3.05, 3.63) is 0 Å². The predicted octanol–water partition coefficient (Wildman–Crippen LogP) is 5.71.